The van der Waals surface area contributed by atoms with Crippen LogP contribution in [0.25, 0.3) is 0 Å². The van der Waals surface area contributed by atoms with Crippen LogP contribution in [0, 0.1) is 0 Å². The molecular weight excluding hydrogens is 258 g/mol. The third-order valence-electron chi connectivity index (χ3n) is 2.66. The highest BCUT2D eigenvalue weighted by Gasteiger charge is 2.19. The highest BCUT2D eigenvalue weighted by molar-refractivity contribution is 8.00. The smallest absolute Gasteiger partial charge is 0.235 e. The molecule has 0 radical (unpaired) electrons. The summed E-state index contributed by atoms with van der Waals surface area (Å²) in [6.45, 7) is 0. The van der Waals surface area contributed by atoms with Crippen LogP contribution in [0.3, 0.4) is 0 Å². The normalized spacial score (nSPS) is 11.8. The van der Waals surface area contributed by atoms with Crippen LogP contribution < -0.4 is 10.5 Å². The van der Waals surface area contributed by atoms with Crippen molar-refractivity contribution in [3.63, 3.8) is 0 Å². The van der Waals surface area contributed by atoms with Crippen LogP contribution in [0.1, 0.15) is 10.8 Å². The fraction of sp³-hybridized carbons (Fsp3) is 0.133. The van der Waals surface area contributed by atoms with Crippen molar-refractivity contribution >= 4 is 17.7 Å². The van der Waals surface area contributed by atoms with Gasteiger partial charge in [-0.1, -0.05) is 36.4 Å². The first kappa shape index (κ1) is 13.5. The molecule has 2 aromatic carbocycles. The van der Waals surface area contributed by atoms with E-state index in [1.165, 1.54) is 11.8 Å². The van der Waals surface area contributed by atoms with Crippen LogP contribution in [0.2, 0.25) is 0 Å². The van der Waals surface area contributed by atoms with E-state index in [9.17, 15) is 4.79 Å². The topological polar surface area (TPSA) is 52.3 Å². The monoisotopic (exact) mass is 273 g/mol. The van der Waals surface area contributed by atoms with Crippen molar-refractivity contribution in [3.05, 3.63) is 60.2 Å². The van der Waals surface area contributed by atoms with E-state index in [1.54, 1.807) is 7.11 Å². The van der Waals surface area contributed by atoms with Gasteiger partial charge in [0, 0.05) is 4.90 Å². The second kappa shape index (κ2) is 6.29. The molecule has 4 heteroatoms. The molecule has 0 unspecified atom stereocenters. The number of hydrogen-bond acceptors (Lipinski definition) is 3. The molecule has 0 saturated heterocycles. The summed E-state index contributed by atoms with van der Waals surface area (Å²) in [5, 5.41) is -0.395. The zero-order valence-electron chi connectivity index (χ0n) is 10.6. The third-order valence-corrected chi connectivity index (χ3v) is 3.92. The summed E-state index contributed by atoms with van der Waals surface area (Å²) < 4.78 is 5.17. The Labute approximate surface area is 116 Å². The maximum atomic E-state index is 11.6. The lowest BCUT2D eigenvalue weighted by atomic mass is 10.1. The summed E-state index contributed by atoms with van der Waals surface area (Å²) in [6, 6.07) is 17.1. The van der Waals surface area contributed by atoms with Crippen LogP contribution in [0.5, 0.6) is 5.75 Å². The number of ether oxygens (including phenoxy) is 1. The molecule has 19 heavy (non-hydrogen) atoms. The van der Waals surface area contributed by atoms with Gasteiger partial charge < -0.3 is 10.5 Å². The van der Waals surface area contributed by atoms with Gasteiger partial charge in [0.25, 0.3) is 0 Å². The Balaban J connectivity index is 2.24. The summed E-state index contributed by atoms with van der Waals surface area (Å²) in [5.41, 5.74) is 6.40. The van der Waals surface area contributed by atoms with Gasteiger partial charge in [0.05, 0.1) is 7.11 Å². The van der Waals surface area contributed by atoms with E-state index in [0.29, 0.717) is 0 Å². The first-order valence-corrected chi connectivity index (χ1v) is 6.73. The molecule has 1 amide bonds. The molecule has 0 aliphatic carbocycles. The standard InChI is InChI=1S/C15H15NO2S/c1-18-12-8-5-9-13(10-12)19-14(15(16)17)11-6-3-2-4-7-11/h2-10,14H,1H3,(H2,16,17)/t14-/m1/s1. The Kier molecular flexibility index (Phi) is 4.47. The Morgan fingerprint density at radius 2 is 1.89 bits per heavy atom. The minimum Gasteiger partial charge on any atom is -0.497 e. The molecule has 0 spiro atoms. The zero-order valence-corrected chi connectivity index (χ0v) is 11.4. The number of carbonyl (C=O) groups excluding carboxylic acids is 1. The van der Waals surface area contributed by atoms with Gasteiger partial charge in [-0.3, -0.25) is 4.79 Å². The second-order valence-electron chi connectivity index (χ2n) is 3.99. The Morgan fingerprint density at radius 3 is 2.53 bits per heavy atom. The fourth-order valence-electron chi connectivity index (χ4n) is 1.73. The SMILES string of the molecule is COc1cccc(S[C@@H](C(N)=O)c2ccccc2)c1. The summed E-state index contributed by atoms with van der Waals surface area (Å²) >= 11 is 1.42. The summed E-state index contributed by atoms with van der Waals surface area (Å²) in [4.78, 5) is 12.6. The van der Waals surface area contributed by atoms with Crippen molar-refractivity contribution in [3.8, 4) is 5.75 Å². The Morgan fingerprint density at radius 1 is 1.16 bits per heavy atom. The molecular formula is C15H15NO2S. The number of rotatable bonds is 5. The molecule has 0 saturated carbocycles. The van der Waals surface area contributed by atoms with Crippen LogP contribution in [-0.4, -0.2) is 13.0 Å². The van der Waals surface area contributed by atoms with Gasteiger partial charge in [0.1, 0.15) is 11.0 Å². The van der Waals surface area contributed by atoms with E-state index in [1.807, 2.05) is 54.6 Å². The fourth-order valence-corrected chi connectivity index (χ4v) is 2.75. The lowest BCUT2D eigenvalue weighted by Gasteiger charge is -2.13. The van der Waals surface area contributed by atoms with E-state index in [2.05, 4.69) is 0 Å². The number of thioether (sulfide) groups is 1. The number of nitrogens with two attached hydrogens (primary N) is 1. The summed E-state index contributed by atoms with van der Waals surface area (Å²) in [6.07, 6.45) is 0. The first-order valence-electron chi connectivity index (χ1n) is 5.85. The molecule has 0 aromatic heterocycles. The van der Waals surface area contributed by atoms with Crippen molar-refractivity contribution in [2.24, 2.45) is 5.73 Å². The molecule has 0 bridgehead atoms. The van der Waals surface area contributed by atoms with Crippen molar-refractivity contribution in [2.45, 2.75) is 10.1 Å². The molecule has 2 rings (SSSR count). The van der Waals surface area contributed by atoms with Crippen LogP contribution in [0.15, 0.2) is 59.5 Å². The number of carbonyl (C=O) groups is 1. The molecule has 1 atom stereocenters. The van der Waals surface area contributed by atoms with Crippen LogP contribution >= 0.6 is 11.8 Å². The van der Waals surface area contributed by atoms with Gasteiger partial charge in [-0.2, -0.15) is 0 Å². The molecule has 2 aromatic rings. The Hall–Kier alpha value is -1.94. The maximum absolute atomic E-state index is 11.6. The molecule has 0 aliphatic rings. The van der Waals surface area contributed by atoms with Gasteiger partial charge in [-0.05, 0) is 23.8 Å². The molecule has 0 aliphatic heterocycles. The molecule has 0 fully saturated rings. The number of primary amides is 1. The number of hydrogen-bond donors (Lipinski definition) is 1. The van der Waals surface area contributed by atoms with E-state index in [-0.39, 0.29) is 5.91 Å². The van der Waals surface area contributed by atoms with Gasteiger partial charge in [0.15, 0.2) is 0 Å². The van der Waals surface area contributed by atoms with E-state index >= 15 is 0 Å². The van der Waals surface area contributed by atoms with E-state index < -0.39 is 5.25 Å². The van der Waals surface area contributed by atoms with Crippen LogP contribution in [-0.2, 0) is 4.79 Å². The van der Waals surface area contributed by atoms with Crippen molar-refractivity contribution in [1.29, 1.82) is 0 Å². The highest BCUT2D eigenvalue weighted by Crippen LogP contribution is 2.36. The lowest BCUT2D eigenvalue weighted by Crippen LogP contribution is -2.18. The first-order chi connectivity index (χ1) is 9.20. The predicted molar refractivity (Wildman–Crippen MR) is 77.2 cm³/mol. The molecule has 3 nitrogen and oxygen atoms in total. The quantitative estimate of drug-likeness (QED) is 0.852. The van der Waals surface area contributed by atoms with Gasteiger partial charge in [-0.15, -0.1) is 11.8 Å². The molecule has 2 N–H and O–H groups in total. The van der Waals surface area contributed by atoms with Crippen LogP contribution in [0.4, 0.5) is 0 Å². The van der Waals surface area contributed by atoms with Gasteiger partial charge >= 0.3 is 0 Å². The minimum atomic E-state index is -0.395. The zero-order chi connectivity index (χ0) is 13.7. The number of benzene rings is 2. The molecule has 98 valence electrons. The van der Waals surface area contributed by atoms with Crippen molar-refractivity contribution in [1.82, 2.24) is 0 Å². The third kappa shape index (κ3) is 3.51. The largest absolute Gasteiger partial charge is 0.497 e. The minimum absolute atomic E-state index is 0.348. The molecule has 0 heterocycles. The van der Waals surface area contributed by atoms with Gasteiger partial charge in [0.2, 0.25) is 5.91 Å². The predicted octanol–water partition coefficient (Wildman–Crippen LogP) is 3.01. The average molecular weight is 273 g/mol. The Bertz CT molecular complexity index is 557. The van der Waals surface area contributed by atoms with E-state index in [0.717, 1.165) is 16.2 Å². The second-order valence-corrected chi connectivity index (χ2v) is 5.17. The number of amides is 1. The maximum Gasteiger partial charge on any atom is 0.235 e. The number of methoxy groups -OCH3 is 1. The average Bonchev–Trinajstić information content (AvgIpc) is 2.45. The van der Waals surface area contributed by atoms with Gasteiger partial charge in [-0.25, -0.2) is 0 Å². The summed E-state index contributed by atoms with van der Waals surface area (Å²) in [7, 11) is 1.62. The van der Waals surface area contributed by atoms with Crippen molar-refractivity contribution in [2.75, 3.05) is 7.11 Å². The van der Waals surface area contributed by atoms with E-state index in [4.69, 9.17) is 10.5 Å². The van der Waals surface area contributed by atoms with Crippen molar-refractivity contribution < 1.29 is 9.53 Å². The summed E-state index contributed by atoms with van der Waals surface area (Å²) in [5.74, 6) is 0.417. The highest BCUT2D eigenvalue weighted by atomic mass is 32.2. The lowest BCUT2D eigenvalue weighted by molar-refractivity contribution is -0.117.